The lowest BCUT2D eigenvalue weighted by Gasteiger charge is -2.25. The molecular formula is C15H24N2O4S2. The van der Waals surface area contributed by atoms with Crippen LogP contribution in [0.4, 0.5) is 0 Å². The zero-order valence-electron chi connectivity index (χ0n) is 13.8. The Morgan fingerprint density at radius 3 is 2.65 bits per heavy atom. The Balaban J connectivity index is 2.11. The van der Waals surface area contributed by atoms with E-state index in [-0.39, 0.29) is 12.6 Å². The Bertz CT molecular complexity index is 669. The first kappa shape index (κ1) is 18.4. The van der Waals surface area contributed by atoms with Crippen molar-refractivity contribution in [2.75, 3.05) is 26.7 Å². The maximum absolute atomic E-state index is 12.9. The number of rotatable bonds is 5. The van der Waals surface area contributed by atoms with Gasteiger partial charge in [0, 0.05) is 28.9 Å². The van der Waals surface area contributed by atoms with Crippen LogP contribution in [-0.2, 0) is 14.8 Å². The van der Waals surface area contributed by atoms with Crippen LogP contribution in [0.2, 0.25) is 0 Å². The normalized spacial score (nSPS) is 20.6. The summed E-state index contributed by atoms with van der Waals surface area (Å²) in [5.41, 5.74) is 0. The van der Waals surface area contributed by atoms with Crippen LogP contribution in [0.1, 0.15) is 29.0 Å². The summed E-state index contributed by atoms with van der Waals surface area (Å²) in [6.45, 7) is 4.67. The van der Waals surface area contributed by atoms with Crippen molar-refractivity contribution in [2.24, 2.45) is 0 Å². The van der Waals surface area contributed by atoms with Crippen molar-refractivity contribution in [3.05, 3.63) is 15.8 Å². The fourth-order valence-electron chi connectivity index (χ4n) is 3.08. The summed E-state index contributed by atoms with van der Waals surface area (Å²) in [6.07, 6.45) is 2.22. The molecule has 0 bridgehead atoms. The van der Waals surface area contributed by atoms with Crippen LogP contribution in [0.15, 0.2) is 11.0 Å². The van der Waals surface area contributed by atoms with Crippen molar-refractivity contribution < 1.29 is 18.3 Å². The van der Waals surface area contributed by atoms with Gasteiger partial charge in [0.15, 0.2) is 0 Å². The first-order valence-electron chi connectivity index (χ1n) is 7.71. The lowest BCUT2D eigenvalue weighted by molar-refractivity contribution is -0.138. The highest BCUT2D eigenvalue weighted by Gasteiger charge is 2.30. The molecule has 23 heavy (non-hydrogen) atoms. The van der Waals surface area contributed by atoms with E-state index in [2.05, 4.69) is 0 Å². The van der Waals surface area contributed by atoms with Crippen molar-refractivity contribution in [3.8, 4) is 0 Å². The molecule has 8 heteroatoms. The van der Waals surface area contributed by atoms with Crippen molar-refractivity contribution in [2.45, 2.75) is 44.0 Å². The summed E-state index contributed by atoms with van der Waals surface area (Å²) in [5, 5.41) is 8.90. The number of aliphatic carboxylic acids is 1. The van der Waals surface area contributed by atoms with Gasteiger partial charge in [-0.2, -0.15) is 4.31 Å². The number of sulfonamides is 1. The van der Waals surface area contributed by atoms with E-state index in [1.165, 1.54) is 11.3 Å². The van der Waals surface area contributed by atoms with Crippen molar-refractivity contribution in [1.82, 2.24) is 9.21 Å². The molecule has 0 spiro atoms. The van der Waals surface area contributed by atoms with E-state index in [4.69, 9.17) is 5.11 Å². The third-order valence-electron chi connectivity index (χ3n) is 4.28. The predicted octanol–water partition coefficient (Wildman–Crippen LogP) is 1.92. The first-order valence-corrected chi connectivity index (χ1v) is 9.96. The van der Waals surface area contributed by atoms with Gasteiger partial charge in [0.05, 0.1) is 11.4 Å². The minimum atomic E-state index is -3.46. The largest absolute Gasteiger partial charge is 0.480 e. The summed E-state index contributed by atoms with van der Waals surface area (Å²) < 4.78 is 27.3. The second-order valence-electron chi connectivity index (χ2n) is 6.08. The third kappa shape index (κ3) is 4.32. The Labute approximate surface area is 141 Å². The maximum Gasteiger partial charge on any atom is 0.317 e. The molecule has 1 aromatic rings. The molecule has 6 nitrogen and oxygen atoms in total. The van der Waals surface area contributed by atoms with Gasteiger partial charge in [0.25, 0.3) is 0 Å². The highest BCUT2D eigenvalue weighted by Crippen LogP contribution is 2.29. The van der Waals surface area contributed by atoms with Gasteiger partial charge in [-0.05, 0) is 46.2 Å². The topological polar surface area (TPSA) is 77.9 Å². The quantitative estimate of drug-likeness (QED) is 0.868. The lowest BCUT2D eigenvalue weighted by Crippen LogP contribution is -2.37. The summed E-state index contributed by atoms with van der Waals surface area (Å²) in [5.74, 6) is -0.856. The van der Waals surface area contributed by atoms with Crippen LogP contribution in [0.3, 0.4) is 0 Å². The van der Waals surface area contributed by atoms with E-state index in [0.717, 1.165) is 22.6 Å². The number of likely N-dealkylation sites (N-methyl/N-ethyl adjacent to an activating group) is 1. The molecule has 130 valence electrons. The monoisotopic (exact) mass is 360 g/mol. The number of thiophene rings is 1. The number of carboxylic acids is 1. The summed E-state index contributed by atoms with van der Waals surface area (Å²) >= 11 is 1.50. The van der Waals surface area contributed by atoms with Crippen LogP contribution in [0.25, 0.3) is 0 Å². The van der Waals surface area contributed by atoms with E-state index in [1.54, 1.807) is 22.3 Å². The molecule has 1 N–H and O–H groups in total. The molecule has 0 aliphatic carbocycles. The molecule has 1 aromatic heterocycles. The molecule has 0 aromatic carbocycles. The fourth-order valence-corrected chi connectivity index (χ4v) is 6.10. The molecule has 2 heterocycles. The number of aryl methyl sites for hydroxylation is 2. The molecule has 0 radical (unpaired) electrons. The zero-order valence-corrected chi connectivity index (χ0v) is 15.4. The zero-order chi connectivity index (χ0) is 17.2. The van der Waals surface area contributed by atoms with Gasteiger partial charge in [-0.25, -0.2) is 8.42 Å². The minimum absolute atomic E-state index is 0.0136. The number of carbonyl (C=O) groups is 1. The molecule has 2 rings (SSSR count). The highest BCUT2D eigenvalue weighted by atomic mass is 32.2. The summed E-state index contributed by atoms with van der Waals surface area (Å²) in [7, 11) is -1.67. The molecule has 1 unspecified atom stereocenters. The Hall–Kier alpha value is -0.960. The number of nitrogens with zero attached hydrogens (tertiary/aromatic N) is 2. The van der Waals surface area contributed by atoms with Gasteiger partial charge in [-0.1, -0.05) is 0 Å². The highest BCUT2D eigenvalue weighted by molar-refractivity contribution is 7.89. The average Bonchev–Trinajstić information content (AvgIpc) is 2.65. The third-order valence-corrected chi connectivity index (χ3v) is 7.40. The molecule has 1 saturated heterocycles. The molecule has 1 aliphatic heterocycles. The van der Waals surface area contributed by atoms with Gasteiger partial charge in [-0.3, -0.25) is 9.69 Å². The van der Waals surface area contributed by atoms with E-state index in [0.29, 0.717) is 24.4 Å². The van der Waals surface area contributed by atoms with Crippen LogP contribution in [-0.4, -0.2) is 61.4 Å². The van der Waals surface area contributed by atoms with Crippen molar-refractivity contribution in [3.63, 3.8) is 0 Å². The standard InChI is InChI=1S/C15H24N2O4S2/c1-11-9-14(12(2)22-11)23(20,21)17-7-4-5-13(6-8-17)16(3)10-15(18)19/h9,13H,4-8,10H2,1-3H3,(H,18,19). The maximum atomic E-state index is 12.9. The average molecular weight is 361 g/mol. The summed E-state index contributed by atoms with van der Waals surface area (Å²) in [6, 6.07) is 1.85. The Morgan fingerprint density at radius 1 is 1.39 bits per heavy atom. The molecule has 0 saturated carbocycles. The van der Waals surface area contributed by atoms with Crippen LogP contribution in [0, 0.1) is 13.8 Å². The SMILES string of the molecule is Cc1cc(S(=O)(=O)N2CCCC(N(C)CC(=O)O)CC2)c(C)s1. The predicted molar refractivity (Wildman–Crippen MR) is 90.5 cm³/mol. The van der Waals surface area contributed by atoms with Crippen molar-refractivity contribution in [1.29, 1.82) is 0 Å². The van der Waals surface area contributed by atoms with Gasteiger partial charge in [0.1, 0.15) is 0 Å². The van der Waals surface area contributed by atoms with Crippen LogP contribution >= 0.6 is 11.3 Å². The van der Waals surface area contributed by atoms with Crippen LogP contribution < -0.4 is 0 Å². The van der Waals surface area contributed by atoms with Gasteiger partial charge in [-0.15, -0.1) is 11.3 Å². The smallest absolute Gasteiger partial charge is 0.317 e. The molecule has 1 aliphatic rings. The molecule has 0 amide bonds. The second kappa shape index (κ2) is 7.29. The van der Waals surface area contributed by atoms with Crippen molar-refractivity contribution >= 4 is 27.3 Å². The lowest BCUT2D eigenvalue weighted by atomic mass is 10.1. The van der Waals surface area contributed by atoms with Gasteiger partial charge < -0.3 is 5.11 Å². The van der Waals surface area contributed by atoms with Crippen LogP contribution in [0.5, 0.6) is 0 Å². The number of hydrogen-bond donors (Lipinski definition) is 1. The van der Waals surface area contributed by atoms with E-state index in [9.17, 15) is 13.2 Å². The molecule has 1 fully saturated rings. The number of carboxylic acid groups (broad SMARTS) is 1. The minimum Gasteiger partial charge on any atom is -0.480 e. The summed E-state index contributed by atoms with van der Waals surface area (Å²) in [4.78, 5) is 14.9. The fraction of sp³-hybridized carbons (Fsp3) is 0.667. The van der Waals surface area contributed by atoms with Gasteiger partial charge >= 0.3 is 5.97 Å². The Morgan fingerprint density at radius 2 is 2.09 bits per heavy atom. The number of hydrogen-bond acceptors (Lipinski definition) is 5. The first-order chi connectivity index (χ1) is 10.7. The van der Waals surface area contributed by atoms with E-state index < -0.39 is 16.0 Å². The second-order valence-corrected chi connectivity index (χ2v) is 9.44. The Kier molecular flexibility index (Phi) is 5.83. The molecule has 1 atom stereocenters. The van der Waals surface area contributed by atoms with E-state index in [1.807, 2.05) is 13.8 Å². The molecular weight excluding hydrogens is 336 g/mol. The van der Waals surface area contributed by atoms with Gasteiger partial charge in [0.2, 0.25) is 10.0 Å². The van der Waals surface area contributed by atoms with E-state index >= 15 is 0 Å².